The smallest absolute Gasteiger partial charge is 0.167 e. The fourth-order valence-electron chi connectivity index (χ4n) is 8.45. The van der Waals surface area contributed by atoms with E-state index in [-0.39, 0.29) is 34.6 Å². The summed E-state index contributed by atoms with van der Waals surface area (Å²) in [5, 5.41) is 0. The van der Waals surface area contributed by atoms with Crippen LogP contribution in [0, 0.1) is 52.3 Å². The van der Waals surface area contributed by atoms with Gasteiger partial charge in [-0.05, 0) is 78.8 Å². The molecule has 0 radical (unpaired) electrons. The third kappa shape index (κ3) is 3.17. The Hall–Kier alpha value is -1.25. The summed E-state index contributed by atoms with van der Waals surface area (Å²) in [6.07, 6.45) is 11.8. The lowest BCUT2D eigenvalue weighted by Gasteiger charge is -2.58. The topological polar surface area (TPSA) is 51.2 Å². The lowest BCUT2D eigenvalue weighted by molar-refractivity contribution is -0.163. The molecule has 0 aromatic carbocycles. The summed E-state index contributed by atoms with van der Waals surface area (Å²) >= 11 is 0. The van der Waals surface area contributed by atoms with Crippen molar-refractivity contribution in [2.24, 2.45) is 52.3 Å². The lowest BCUT2D eigenvalue weighted by atomic mass is 9.44. The number of allylic oxidation sites excluding steroid dienone is 2. The van der Waals surface area contributed by atoms with E-state index < -0.39 is 11.3 Å². The van der Waals surface area contributed by atoms with Gasteiger partial charge in [-0.25, -0.2) is 0 Å². The predicted octanol–water partition coefficient (Wildman–Crippen LogP) is 5.81. The average molecular weight is 413 g/mol. The number of hydrogen-bond acceptors (Lipinski definition) is 3. The number of ketones is 3. The van der Waals surface area contributed by atoms with E-state index in [1.54, 1.807) is 0 Å². The first-order valence-electron chi connectivity index (χ1n) is 12.4. The number of fused-ring (bicyclic) bond motifs is 5. The van der Waals surface area contributed by atoms with Gasteiger partial charge in [0.05, 0.1) is 11.3 Å². The third-order valence-electron chi connectivity index (χ3n) is 9.98. The molecular weight excluding hydrogens is 372 g/mol. The summed E-state index contributed by atoms with van der Waals surface area (Å²) in [4.78, 5) is 38.8. The molecule has 4 aliphatic carbocycles. The van der Waals surface area contributed by atoms with Crippen LogP contribution in [0.5, 0.6) is 0 Å². The first-order chi connectivity index (χ1) is 14.1. The summed E-state index contributed by atoms with van der Waals surface area (Å²) in [5.41, 5.74) is -0.534. The van der Waals surface area contributed by atoms with Crippen LogP contribution >= 0.6 is 0 Å². The molecule has 0 spiro atoms. The van der Waals surface area contributed by atoms with Crippen molar-refractivity contribution >= 4 is 17.3 Å². The number of carbonyl (C=O) groups excluding carboxylic acids is 3. The second-order valence-corrected chi connectivity index (χ2v) is 11.9. The molecule has 0 bridgehead atoms. The minimum Gasteiger partial charge on any atom is -0.299 e. The highest BCUT2D eigenvalue weighted by molar-refractivity contribution is 6.18. The molecule has 8 atom stereocenters. The molecule has 0 aliphatic heterocycles. The van der Waals surface area contributed by atoms with Crippen molar-refractivity contribution in [1.29, 1.82) is 0 Å². The Balaban J connectivity index is 1.57. The van der Waals surface area contributed by atoms with Gasteiger partial charge in [-0.15, -0.1) is 0 Å². The van der Waals surface area contributed by atoms with E-state index in [0.717, 1.165) is 30.6 Å². The zero-order valence-electron chi connectivity index (χ0n) is 19.6. The van der Waals surface area contributed by atoms with Gasteiger partial charge >= 0.3 is 0 Å². The fraction of sp³-hybridized carbons (Fsp3) is 0.815. The molecule has 0 N–H and O–H groups in total. The third-order valence-corrected chi connectivity index (χ3v) is 9.98. The van der Waals surface area contributed by atoms with Gasteiger partial charge in [0, 0.05) is 6.42 Å². The Labute approximate surface area is 182 Å². The molecule has 3 heteroatoms. The van der Waals surface area contributed by atoms with E-state index in [1.807, 2.05) is 6.92 Å². The minimum absolute atomic E-state index is 0.00959. The Bertz CT molecular complexity index is 764. The quantitative estimate of drug-likeness (QED) is 0.535. The van der Waals surface area contributed by atoms with Gasteiger partial charge in [0.25, 0.3) is 0 Å². The monoisotopic (exact) mass is 412 g/mol. The fourth-order valence-corrected chi connectivity index (χ4v) is 8.45. The first kappa shape index (κ1) is 22.0. The predicted molar refractivity (Wildman–Crippen MR) is 119 cm³/mol. The molecule has 0 aromatic rings. The molecular formula is C27H40O3. The lowest BCUT2D eigenvalue weighted by Crippen LogP contribution is -2.60. The molecule has 30 heavy (non-hydrogen) atoms. The highest BCUT2D eigenvalue weighted by atomic mass is 16.2. The van der Waals surface area contributed by atoms with E-state index in [1.165, 1.54) is 44.3 Å². The van der Waals surface area contributed by atoms with Crippen LogP contribution in [-0.2, 0) is 14.4 Å². The number of Topliss-reactive ketones (excluding diaryl/α,β-unsaturated/α-hetero) is 1. The summed E-state index contributed by atoms with van der Waals surface area (Å²) in [6, 6.07) is 0. The summed E-state index contributed by atoms with van der Waals surface area (Å²) in [6.45, 7) is 11.5. The Morgan fingerprint density at radius 1 is 0.967 bits per heavy atom. The maximum atomic E-state index is 13.2. The van der Waals surface area contributed by atoms with Gasteiger partial charge in [0.1, 0.15) is 5.78 Å². The summed E-state index contributed by atoms with van der Waals surface area (Å²) in [7, 11) is 0. The Kier molecular flexibility index (Phi) is 5.64. The van der Waals surface area contributed by atoms with Crippen LogP contribution in [0.1, 0.15) is 86.0 Å². The molecule has 0 heterocycles. The van der Waals surface area contributed by atoms with E-state index in [4.69, 9.17) is 0 Å². The molecule has 0 amide bonds. The Morgan fingerprint density at radius 3 is 2.40 bits per heavy atom. The number of carbonyl (C=O) groups is 3. The van der Waals surface area contributed by atoms with E-state index in [0.29, 0.717) is 12.3 Å². The number of rotatable bonds is 5. The number of hydrogen-bond donors (Lipinski definition) is 0. The zero-order chi connectivity index (χ0) is 21.8. The SMILES string of the molecule is CC(C)CCC[C@@H](C)[C@H]1CC[C@H]2[C@@H]3CC(=O)[C@H]4C(=O)C=CC(=O)[C@@]4(C)[C@H]3CC[C@]12C. The average Bonchev–Trinajstić information content (AvgIpc) is 3.02. The molecule has 0 unspecified atom stereocenters. The zero-order valence-corrected chi connectivity index (χ0v) is 19.6. The highest BCUT2D eigenvalue weighted by Gasteiger charge is 2.65. The van der Waals surface area contributed by atoms with Gasteiger partial charge in [-0.2, -0.15) is 0 Å². The molecule has 3 nitrogen and oxygen atoms in total. The molecule has 0 saturated heterocycles. The van der Waals surface area contributed by atoms with Crippen LogP contribution in [0.3, 0.4) is 0 Å². The van der Waals surface area contributed by atoms with Crippen LogP contribution in [0.15, 0.2) is 12.2 Å². The van der Waals surface area contributed by atoms with Crippen molar-refractivity contribution in [2.75, 3.05) is 0 Å². The second kappa shape index (κ2) is 7.71. The van der Waals surface area contributed by atoms with Crippen LogP contribution in [0.25, 0.3) is 0 Å². The van der Waals surface area contributed by atoms with Crippen LogP contribution in [-0.4, -0.2) is 17.3 Å². The van der Waals surface area contributed by atoms with Crippen LogP contribution in [0.2, 0.25) is 0 Å². The molecule has 4 rings (SSSR count). The normalized spacial score (nSPS) is 44.1. The van der Waals surface area contributed by atoms with E-state index >= 15 is 0 Å². The first-order valence-corrected chi connectivity index (χ1v) is 12.4. The van der Waals surface area contributed by atoms with Crippen molar-refractivity contribution < 1.29 is 14.4 Å². The maximum Gasteiger partial charge on any atom is 0.167 e. The van der Waals surface area contributed by atoms with Crippen LogP contribution in [0.4, 0.5) is 0 Å². The minimum atomic E-state index is -0.811. The highest BCUT2D eigenvalue weighted by Crippen LogP contribution is 2.66. The van der Waals surface area contributed by atoms with Gasteiger partial charge in [-0.1, -0.05) is 53.9 Å². The van der Waals surface area contributed by atoms with Crippen molar-refractivity contribution in [3.63, 3.8) is 0 Å². The van der Waals surface area contributed by atoms with E-state index in [2.05, 4.69) is 27.7 Å². The van der Waals surface area contributed by atoms with E-state index in [9.17, 15) is 14.4 Å². The molecule has 0 aromatic heterocycles. The molecule has 3 fully saturated rings. The van der Waals surface area contributed by atoms with Gasteiger partial charge < -0.3 is 0 Å². The molecule has 4 aliphatic rings. The van der Waals surface area contributed by atoms with Crippen molar-refractivity contribution in [2.45, 2.75) is 86.0 Å². The van der Waals surface area contributed by atoms with Crippen LogP contribution < -0.4 is 0 Å². The molecule has 166 valence electrons. The maximum absolute atomic E-state index is 13.2. The second-order valence-electron chi connectivity index (χ2n) is 11.9. The van der Waals surface area contributed by atoms with Gasteiger partial charge in [0.15, 0.2) is 11.6 Å². The Morgan fingerprint density at radius 2 is 1.70 bits per heavy atom. The standard InChI is InChI=1S/C27H40O3/c1-16(2)7-6-8-17(3)19-9-10-20-18-15-23(29)25-22(28)11-12-24(30)27(25,5)21(18)13-14-26(19,20)4/h11-12,16-21,25H,6-10,13-15H2,1-5H3/t17-,18+,19-,20+,21+,25-,26-,27-/m1/s1. The van der Waals surface area contributed by atoms with Crippen molar-refractivity contribution in [3.8, 4) is 0 Å². The molecule has 3 saturated carbocycles. The van der Waals surface area contributed by atoms with Gasteiger partial charge in [0.2, 0.25) is 0 Å². The van der Waals surface area contributed by atoms with Gasteiger partial charge in [-0.3, -0.25) is 14.4 Å². The summed E-state index contributed by atoms with van der Waals surface area (Å²) < 4.78 is 0. The summed E-state index contributed by atoms with van der Waals surface area (Å²) in [5.74, 6) is 2.34. The van der Waals surface area contributed by atoms with Crippen molar-refractivity contribution in [3.05, 3.63) is 12.2 Å². The largest absolute Gasteiger partial charge is 0.299 e. The van der Waals surface area contributed by atoms with Crippen molar-refractivity contribution in [1.82, 2.24) is 0 Å².